The number of aliphatic carboxylic acids is 1. The third-order valence-corrected chi connectivity index (χ3v) is 1.09. The van der Waals surface area contributed by atoms with E-state index in [1.807, 2.05) is 0 Å². The zero-order chi connectivity index (χ0) is 15.1. The number of hydrogen-bond donors (Lipinski definition) is 3. The van der Waals surface area contributed by atoms with Gasteiger partial charge in [0, 0.05) is 11.1 Å². The van der Waals surface area contributed by atoms with E-state index in [-0.39, 0.29) is 24.8 Å². The number of ether oxygens (including phenoxy) is 1. The highest BCUT2D eigenvalue weighted by Gasteiger charge is 1.98. The van der Waals surface area contributed by atoms with Crippen LogP contribution >= 0.6 is 0 Å². The van der Waals surface area contributed by atoms with Crippen molar-refractivity contribution in [3.8, 4) is 0 Å². The van der Waals surface area contributed by atoms with E-state index < -0.39 is 5.97 Å². The van der Waals surface area contributed by atoms with Crippen molar-refractivity contribution in [2.75, 3.05) is 19.8 Å². The third-order valence-electron chi connectivity index (χ3n) is 1.09. The van der Waals surface area contributed by atoms with Gasteiger partial charge in [0.2, 0.25) is 0 Å². The quantitative estimate of drug-likeness (QED) is 0.510. The average molecular weight is 262 g/mol. The molecular weight excluding hydrogens is 240 g/mol. The minimum Gasteiger partial charge on any atom is -0.478 e. The molecule has 6 heteroatoms. The van der Waals surface area contributed by atoms with Crippen LogP contribution in [-0.2, 0) is 14.3 Å². The van der Waals surface area contributed by atoms with E-state index in [0.29, 0.717) is 12.2 Å². The topological polar surface area (TPSA) is 104 Å². The summed E-state index contributed by atoms with van der Waals surface area (Å²) in [6, 6.07) is 0. The first-order valence-corrected chi connectivity index (χ1v) is 5.17. The maximum absolute atomic E-state index is 10.4. The lowest BCUT2D eigenvalue weighted by Crippen LogP contribution is -2.03. The van der Waals surface area contributed by atoms with Crippen molar-refractivity contribution in [1.82, 2.24) is 0 Å². The second kappa shape index (κ2) is 15.3. The molecule has 6 nitrogen and oxygen atoms in total. The Balaban J connectivity index is -0.000000200. The summed E-state index contributed by atoms with van der Waals surface area (Å²) in [5, 5.41) is 23.1. The molecule has 0 aliphatic rings. The van der Waals surface area contributed by atoms with Gasteiger partial charge in [-0.25, -0.2) is 9.59 Å². The molecule has 0 bridgehead atoms. The molecule has 0 saturated heterocycles. The van der Waals surface area contributed by atoms with E-state index in [1.165, 1.54) is 6.92 Å². The number of rotatable bonds is 4. The largest absolute Gasteiger partial charge is 0.478 e. The molecule has 0 aliphatic heterocycles. The molecule has 18 heavy (non-hydrogen) atoms. The Hall–Kier alpha value is -1.66. The third kappa shape index (κ3) is 23.9. The van der Waals surface area contributed by atoms with Crippen LogP contribution in [0.1, 0.15) is 20.8 Å². The highest BCUT2D eigenvalue weighted by atomic mass is 16.5. The normalized spacial score (nSPS) is 7.83. The predicted octanol–water partition coefficient (Wildman–Crippen LogP) is 0.744. The van der Waals surface area contributed by atoms with Crippen LogP contribution in [0.2, 0.25) is 0 Å². The summed E-state index contributed by atoms with van der Waals surface area (Å²) in [7, 11) is 0. The van der Waals surface area contributed by atoms with Crippen LogP contribution in [0.15, 0.2) is 24.3 Å². The fraction of sp³-hybridized carbons (Fsp3) is 0.500. The van der Waals surface area contributed by atoms with E-state index in [2.05, 4.69) is 17.9 Å². The van der Waals surface area contributed by atoms with Crippen molar-refractivity contribution >= 4 is 11.9 Å². The summed E-state index contributed by atoms with van der Waals surface area (Å²) < 4.78 is 4.56. The fourth-order valence-electron chi connectivity index (χ4n) is 0.254. The van der Waals surface area contributed by atoms with Crippen molar-refractivity contribution in [3.63, 3.8) is 0 Å². The van der Waals surface area contributed by atoms with Crippen LogP contribution in [0, 0.1) is 0 Å². The minimum absolute atomic E-state index is 0.125. The van der Waals surface area contributed by atoms with Gasteiger partial charge in [-0.3, -0.25) is 0 Å². The van der Waals surface area contributed by atoms with E-state index in [1.54, 1.807) is 13.8 Å². The first-order valence-electron chi connectivity index (χ1n) is 5.17. The lowest BCUT2D eigenvalue weighted by molar-refractivity contribution is -0.138. The molecule has 0 aromatic heterocycles. The van der Waals surface area contributed by atoms with Crippen molar-refractivity contribution in [1.29, 1.82) is 0 Å². The Morgan fingerprint density at radius 2 is 1.39 bits per heavy atom. The van der Waals surface area contributed by atoms with Gasteiger partial charge in [0.05, 0.1) is 19.8 Å². The zero-order valence-corrected chi connectivity index (χ0v) is 11.1. The van der Waals surface area contributed by atoms with Gasteiger partial charge in [0.25, 0.3) is 0 Å². The summed E-state index contributed by atoms with van der Waals surface area (Å²) in [5.74, 6) is -1.25. The molecule has 0 amide bonds. The molecular formula is C12H22O6. The van der Waals surface area contributed by atoms with E-state index in [9.17, 15) is 9.59 Å². The van der Waals surface area contributed by atoms with Gasteiger partial charge in [-0.05, 0) is 20.8 Å². The summed E-state index contributed by atoms with van der Waals surface area (Å²) in [6.45, 7) is 11.6. The number of carboxylic acid groups (broad SMARTS) is 1. The lowest BCUT2D eigenvalue weighted by atomic mass is 10.4. The van der Waals surface area contributed by atoms with E-state index >= 15 is 0 Å². The van der Waals surface area contributed by atoms with Crippen molar-refractivity contribution < 1.29 is 29.6 Å². The van der Waals surface area contributed by atoms with Crippen LogP contribution < -0.4 is 0 Å². The number of esters is 1. The zero-order valence-electron chi connectivity index (χ0n) is 11.1. The smallest absolute Gasteiger partial charge is 0.333 e. The summed E-state index contributed by atoms with van der Waals surface area (Å²) in [5.41, 5.74) is 0.627. The standard InChI is InChI=1S/C6H10O2.C4H6O2.C2H6O2/c1-4-8-6(7)5(2)3;1-3(2)4(5)6;3-1-2-4/h2,4H2,1,3H3;1H2,2H3,(H,5,6);3-4H,1-2H2. The molecule has 0 radical (unpaired) electrons. The second-order valence-electron chi connectivity index (χ2n) is 3.03. The molecule has 0 aromatic rings. The molecule has 106 valence electrons. The van der Waals surface area contributed by atoms with E-state index in [4.69, 9.17) is 15.3 Å². The van der Waals surface area contributed by atoms with Gasteiger partial charge in [-0.1, -0.05) is 13.2 Å². The van der Waals surface area contributed by atoms with Crippen molar-refractivity contribution in [2.24, 2.45) is 0 Å². The first kappa shape index (κ1) is 21.6. The van der Waals surface area contributed by atoms with Crippen LogP contribution in [-0.4, -0.2) is 47.1 Å². The molecule has 0 spiro atoms. The Morgan fingerprint density at radius 1 is 1.06 bits per heavy atom. The van der Waals surface area contributed by atoms with Gasteiger partial charge >= 0.3 is 11.9 Å². The van der Waals surface area contributed by atoms with Gasteiger partial charge in [-0.2, -0.15) is 0 Å². The SMILES string of the molecule is C=C(C)C(=O)O.C=C(C)C(=O)OCC.OCCO. The Morgan fingerprint density at radius 3 is 1.44 bits per heavy atom. The summed E-state index contributed by atoms with van der Waals surface area (Å²) in [6.07, 6.45) is 0. The van der Waals surface area contributed by atoms with Crippen LogP contribution in [0.3, 0.4) is 0 Å². The monoisotopic (exact) mass is 262 g/mol. The minimum atomic E-state index is -0.935. The maximum Gasteiger partial charge on any atom is 0.333 e. The van der Waals surface area contributed by atoms with Gasteiger partial charge < -0.3 is 20.1 Å². The molecule has 0 aromatic carbocycles. The summed E-state index contributed by atoms with van der Waals surface area (Å²) in [4.78, 5) is 20.0. The van der Waals surface area contributed by atoms with E-state index in [0.717, 1.165) is 0 Å². The second-order valence-corrected chi connectivity index (χ2v) is 3.03. The molecule has 0 atom stereocenters. The maximum atomic E-state index is 10.4. The van der Waals surface area contributed by atoms with Crippen molar-refractivity contribution in [2.45, 2.75) is 20.8 Å². The Bertz CT molecular complexity index is 256. The van der Waals surface area contributed by atoms with Crippen LogP contribution in [0.4, 0.5) is 0 Å². The number of carbonyl (C=O) groups excluding carboxylic acids is 1. The number of aliphatic hydroxyl groups excluding tert-OH is 2. The van der Waals surface area contributed by atoms with Crippen molar-refractivity contribution in [3.05, 3.63) is 24.3 Å². The molecule has 0 aliphatic carbocycles. The Kier molecular flexibility index (Phi) is 18.4. The number of hydrogen-bond acceptors (Lipinski definition) is 5. The lowest BCUT2D eigenvalue weighted by Gasteiger charge is -1.96. The molecule has 0 heterocycles. The average Bonchev–Trinajstić information content (AvgIpc) is 2.30. The number of carbonyl (C=O) groups is 2. The van der Waals surface area contributed by atoms with Gasteiger partial charge in [-0.15, -0.1) is 0 Å². The number of aliphatic hydroxyl groups is 2. The predicted molar refractivity (Wildman–Crippen MR) is 68.1 cm³/mol. The van der Waals surface area contributed by atoms with Gasteiger partial charge in [0.15, 0.2) is 0 Å². The molecule has 0 rings (SSSR count). The fourth-order valence-corrected chi connectivity index (χ4v) is 0.254. The highest BCUT2D eigenvalue weighted by molar-refractivity contribution is 5.86. The van der Waals surface area contributed by atoms with Gasteiger partial charge in [0.1, 0.15) is 0 Å². The molecule has 0 unspecified atom stereocenters. The number of carboxylic acids is 1. The first-order chi connectivity index (χ1) is 8.24. The van der Waals surface area contributed by atoms with Crippen LogP contribution in [0.5, 0.6) is 0 Å². The molecule has 0 fully saturated rings. The van der Waals surface area contributed by atoms with Crippen LogP contribution in [0.25, 0.3) is 0 Å². The molecule has 0 saturated carbocycles. The summed E-state index contributed by atoms with van der Waals surface area (Å²) >= 11 is 0. The highest BCUT2D eigenvalue weighted by Crippen LogP contribution is 1.89. The Labute approximate surface area is 107 Å². The molecule has 3 N–H and O–H groups in total.